The number of thiophene rings is 1. The van der Waals surface area contributed by atoms with Gasteiger partial charge in [0.25, 0.3) is 15.6 Å². The molecular formula is C17H18F3N3O5S2. The zero-order valence-corrected chi connectivity index (χ0v) is 17.1. The van der Waals surface area contributed by atoms with Crippen molar-refractivity contribution in [3.05, 3.63) is 51.3 Å². The molecule has 0 aliphatic carbocycles. The number of sulfonamides is 1. The van der Waals surface area contributed by atoms with Crippen molar-refractivity contribution >= 4 is 27.3 Å². The van der Waals surface area contributed by atoms with Gasteiger partial charge in [-0.25, -0.2) is 8.42 Å². The van der Waals surface area contributed by atoms with Crippen molar-refractivity contribution < 1.29 is 31.1 Å². The fourth-order valence-corrected chi connectivity index (χ4v) is 5.64. The molecule has 164 valence electrons. The molecular weight excluding hydrogens is 447 g/mol. The molecule has 8 nitrogen and oxygen atoms in total. The second kappa shape index (κ2) is 8.88. The number of hydrogen-bond donors (Lipinski definition) is 1. The average molecular weight is 465 g/mol. The second-order valence-electron chi connectivity index (χ2n) is 6.37. The highest BCUT2D eigenvalue weighted by molar-refractivity contribution is 7.91. The summed E-state index contributed by atoms with van der Waals surface area (Å²) in [5, 5.41) is 2.48. The van der Waals surface area contributed by atoms with Gasteiger partial charge in [0, 0.05) is 24.2 Å². The topological polar surface area (TPSA) is 97.7 Å². The van der Waals surface area contributed by atoms with E-state index in [2.05, 4.69) is 5.32 Å². The van der Waals surface area contributed by atoms with Crippen molar-refractivity contribution in [3.8, 4) is 0 Å². The van der Waals surface area contributed by atoms with Crippen LogP contribution < -0.4 is 10.9 Å². The Morgan fingerprint density at radius 3 is 2.57 bits per heavy atom. The van der Waals surface area contributed by atoms with Crippen LogP contribution in [-0.2, 0) is 38.8 Å². The minimum atomic E-state index is -4.81. The van der Waals surface area contributed by atoms with Crippen molar-refractivity contribution in [2.45, 2.75) is 23.5 Å². The summed E-state index contributed by atoms with van der Waals surface area (Å²) in [5.74, 6) is -0.678. The summed E-state index contributed by atoms with van der Waals surface area (Å²) in [6.07, 6.45) is -3.72. The molecule has 0 unspecified atom stereocenters. The van der Waals surface area contributed by atoms with E-state index < -0.39 is 39.8 Å². The van der Waals surface area contributed by atoms with Gasteiger partial charge in [-0.2, -0.15) is 17.5 Å². The molecule has 0 saturated carbocycles. The van der Waals surface area contributed by atoms with Crippen molar-refractivity contribution in [2.75, 3.05) is 26.3 Å². The number of nitrogens with one attached hydrogen (secondary N) is 1. The number of aromatic nitrogens is 1. The molecule has 3 heterocycles. The number of alkyl halides is 3. The van der Waals surface area contributed by atoms with E-state index in [1.165, 1.54) is 10.4 Å². The Kier molecular flexibility index (Phi) is 6.65. The fourth-order valence-electron chi connectivity index (χ4n) is 2.78. The van der Waals surface area contributed by atoms with E-state index in [1.807, 2.05) is 0 Å². The van der Waals surface area contributed by atoms with E-state index in [1.54, 1.807) is 6.07 Å². The zero-order valence-electron chi connectivity index (χ0n) is 15.5. The predicted molar refractivity (Wildman–Crippen MR) is 101 cm³/mol. The van der Waals surface area contributed by atoms with Gasteiger partial charge in [-0.1, -0.05) is 0 Å². The molecule has 1 saturated heterocycles. The Hall–Kier alpha value is -2.22. The average Bonchev–Trinajstić information content (AvgIpc) is 3.18. The standard InChI is InChI=1S/C17H18F3N3O5S2/c18-17(19,20)13-2-1-5-22(16(13)25)11-14(24)21-10-12-3-4-15(29-12)30(26,27)23-6-8-28-9-7-23/h1-5H,6-11H2,(H,21,24). The van der Waals surface area contributed by atoms with Gasteiger partial charge in [-0.3, -0.25) is 9.59 Å². The van der Waals surface area contributed by atoms with Crippen LogP contribution in [0, 0.1) is 0 Å². The fraction of sp³-hybridized carbons (Fsp3) is 0.412. The maximum Gasteiger partial charge on any atom is 0.421 e. The molecule has 1 aliphatic rings. The first-order valence-electron chi connectivity index (χ1n) is 8.79. The van der Waals surface area contributed by atoms with Gasteiger partial charge < -0.3 is 14.6 Å². The quantitative estimate of drug-likeness (QED) is 0.693. The molecule has 13 heteroatoms. The summed E-state index contributed by atoms with van der Waals surface area (Å²) in [6.45, 7) is 0.559. The lowest BCUT2D eigenvalue weighted by atomic mass is 10.2. The Labute approximate surface area is 173 Å². The number of rotatable bonds is 6. The van der Waals surface area contributed by atoms with Crippen LogP contribution in [0.3, 0.4) is 0 Å². The monoisotopic (exact) mass is 465 g/mol. The summed E-state index contributed by atoms with van der Waals surface area (Å²) < 4.78 is 70.8. The number of hydrogen-bond acceptors (Lipinski definition) is 6. The molecule has 1 fully saturated rings. The summed E-state index contributed by atoms with van der Waals surface area (Å²) in [4.78, 5) is 24.5. The van der Waals surface area contributed by atoms with E-state index >= 15 is 0 Å². The lowest BCUT2D eigenvalue weighted by Gasteiger charge is -2.25. The van der Waals surface area contributed by atoms with E-state index in [-0.39, 0.29) is 23.8 Å². The normalized spacial score (nSPS) is 15.8. The third kappa shape index (κ3) is 5.09. The summed E-state index contributed by atoms with van der Waals surface area (Å²) in [6, 6.07) is 4.68. The van der Waals surface area contributed by atoms with Crippen LogP contribution in [0.2, 0.25) is 0 Å². The first kappa shape index (κ1) is 22.5. The number of nitrogens with zero attached hydrogens (tertiary/aromatic N) is 2. The molecule has 2 aromatic rings. The molecule has 30 heavy (non-hydrogen) atoms. The highest BCUT2D eigenvalue weighted by atomic mass is 32.2. The molecule has 3 rings (SSSR count). The van der Waals surface area contributed by atoms with Crippen molar-refractivity contribution in [2.24, 2.45) is 0 Å². The van der Waals surface area contributed by atoms with Gasteiger partial charge >= 0.3 is 6.18 Å². The Morgan fingerprint density at radius 1 is 1.20 bits per heavy atom. The molecule has 0 spiro atoms. The van der Waals surface area contributed by atoms with Gasteiger partial charge in [0.05, 0.1) is 19.8 Å². The van der Waals surface area contributed by atoms with Crippen molar-refractivity contribution in [1.29, 1.82) is 0 Å². The summed E-state index contributed by atoms with van der Waals surface area (Å²) in [7, 11) is -3.65. The minimum Gasteiger partial charge on any atom is -0.379 e. The SMILES string of the molecule is O=C(Cn1cccc(C(F)(F)F)c1=O)NCc1ccc(S(=O)(=O)N2CCOCC2)s1. The molecule has 1 amide bonds. The van der Waals surface area contributed by atoms with E-state index in [0.29, 0.717) is 28.7 Å². The smallest absolute Gasteiger partial charge is 0.379 e. The van der Waals surface area contributed by atoms with Crippen LogP contribution in [0.4, 0.5) is 13.2 Å². The number of carbonyl (C=O) groups excluding carboxylic acids is 1. The zero-order chi connectivity index (χ0) is 21.9. The van der Waals surface area contributed by atoms with Crippen LogP contribution in [-0.4, -0.2) is 49.5 Å². The molecule has 0 aromatic carbocycles. The van der Waals surface area contributed by atoms with E-state index in [0.717, 1.165) is 23.6 Å². The number of pyridine rings is 1. The van der Waals surface area contributed by atoms with Crippen LogP contribution in [0.1, 0.15) is 10.4 Å². The number of amides is 1. The van der Waals surface area contributed by atoms with Crippen LogP contribution in [0.25, 0.3) is 0 Å². The van der Waals surface area contributed by atoms with Crippen molar-refractivity contribution in [1.82, 2.24) is 14.2 Å². The predicted octanol–water partition coefficient (Wildman–Crippen LogP) is 1.27. The summed E-state index contributed by atoms with van der Waals surface area (Å²) >= 11 is 0.988. The second-order valence-corrected chi connectivity index (χ2v) is 9.70. The van der Waals surface area contributed by atoms with Crippen LogP contribution in [0.15, 0.2) is 39.5 Å². The Morgan fingerprint density at radius 2 is 1.90 bits per heavy atom. The number of carbonyl (C=O) groups is 1. The highest BCUT2D eigenvalue weighted by Crippen LogP contribution is 2.26. The van der Waals surface area contributed by atoms with Gasteiger partial charge in [0.15, 0.2) is 0 Å². The number of ether oxygens (including phenoxy) is 1. The van der Waals surface area contributed by atoms with Gasteiger partial charge in [-0.15, -0.1) is 11.3 Å². The first-order valence-corrected chi connectivity index (χ1v) is 11.0. The largest absolute Gasteiger partial charge is 0.421 e. The lowest BCUT2D eigenvalue weighted by molar-refractivity contribution is -0.139. The van der Waals surface area contributed by atoms with Gasteiger partial charge in [0.1, 0.15) is 16.3 Å². The lowest BCUT2D eigenvalue weighted by Crippen LogP contribution is -2.40. The molecule has 0 atom stereocenters. The third-order valence-corrected chi connectivity index (χ3v) is 7.75. The summed E-state index contributed by atoms with van der Waals surface area (Å²) in [5.41, 5.74) is -2.66. The van der Waals surface area contributed by atoms with E-state index in [9.17, 15) is 31.2 Å². The van der Waals surface area contributed by atoms with Crippen LogP contribution in [0.5, 0.6) is 0 Å². The Balaban J connectivity index is 1.62. The highest BCUT2D eigenvalue weighted by Gasteiger charge is 2.34. The minimum absolute atomic E-state index is 0.0180. The molecule has 0 radical (unpaired) electrons. The maximum atomic E-state index is 12.8. The molecule has 0 bridgehead atoms. The number of halogens is 3. The molecule has 2 aromatic heterocycles. The van der Waals surface area contributed by atoms with Gasteiger partial charge in [-0.05, 0) is 24.3 Å². The van der Waals surface area contributed by atoms with Crippen molar-refractivity contribution in [3.63, 3.8) is 0 Å². The third-order valence-electron chi connectivity index (χ3n) is 4.30. The molecule has 1 N–H and O–H groups in total. The maximum absolute atomic E-state index is 12.8. The Bertz CT molecular complexity index is 1070. The molecule has 1 aliphatic heterocycles. The first-order chi connectivity index (χ1) is 14.1. The number of morpholine rings is 1. The van der Waals surface area contributed by atoms with Gasteiger partial charge in [0.2, 0.25) is 5.91 Å². The van der Waals surface area contributed by atoms with Crippen LogP contribution >= 0.6 is 11.3 Å². The van der Waals surface area contributed by atoms with E-state index in [4.69, 9.17) is 4.74 Å².